The number of aromatic nitrogens is 4. The standard InChI is InChI=1S/C28H32N4O2/c1-4-22-27(34-26(32-22)12-19-9-10-33-16-28(19,2)3)18-7-8-23-20(11-18)21(13-30-23)25-15-29-14-24(31-25)17-5-6-17/h7-8,11,13-15,17,19,30H,4-6,9-10,12,16H2,1-3H3. The van der Waals surface area contributed by atoms with E-state index in [2.05, 4.69) is 48.9 Å². The van der Waals surface area contributed by atoms with Crippen LogP contribution in [0.2, 0.25) is 0 Å². The fourth-order valence-corrected chi connectivity index (χ4v) is 5.17. The van der Waals surface area contributed by atoms with Gasteiger partial charge in [-0.05, 0) is 55.2 Å². The number of nitrogens with zero attached hydrogens (tertiary/aromatic N) is 3. The van der Waals surface area contributed by atoms with E-state index in [1.165, 1.54) is 12.8 Å². The second kappa shape index (κ2) is 8.35. The Hall–Kier alpha value is -2.99. The lowest BCUT2D eigenvalue weighted by atomic mass is 9.74. The van der Waals surface area contributed by atoms with Gasteiger partial charge in [-0.3, -0.25) is 4.98 Å². The Morgan fingerprint density at radius 1 is 1.12 bits per heavy atom. The smallest absolute Gasteiger partial charge is 0.195 e. The average molecular weight is 457 g/mol. The molecule has 6 heteroatoms. The van der Waals surface area contributed by atoms with E-state index in [0.717, 1.165) is 83.2 Å². The predicted molar refractivity (Wildman–Crippen MR) is 133 cm³/mol. The highest BCUT2D eigenvalue weighted by atomic mass is 16.5. The minimum Gasteiger partial charge on any atom is -0.440 e. The summed E-state index contributed by atoms with van der Waals surface area (Å²) in [4.78, 5) is 17.7. The Morgan fingerprint density at radius 3 is 2.79 bits per heavy atom. The Bertz CT molecular complexity index is 1330. The second-order valence-electron chi connectivity index (χ2n) is 10.5. The number of ether oxygens (including phenoxy) is 1. The molecule has 1 unspecified atom stereocenters. The molecule has 0 spiro atoms. The van der Waals surface area contributed by atoms with Crippen molar-refractivity contribution in [2.24, 2.45) is 11.3 Å². The van der Waals surface area contributed by atoms with Crippen molar-refractivity contribution in [1.29, 1.82) is 0 Å². The van der Waals surface area contributed by atoms with Crippen LogP contribution in [0.3, 0.4) is 0 Å². The van der Waals surface area contributed by atoms with Crippen LogP contribution < -0.4 is 0 Å². The molecule has 176 valence electrons. The van der Waals surface area contributed by atoms with Gasteiger partial charge in [-0.15, -0.1) is 0 Å². The first-order valence-corrected chi connectivity index (χ1v) is 12.5. The van der Waals surface area contributed by atoms with Crippen molar-refractivity contribution < 1.29 is 9.15 Å². The van der Waals surface area contributed by atoms with E-state index < -0.39 is 0 Å². The molecular formula is C28H32N4O2. The summed E-state index contributed by atoms with van der Waals surface area (Å²) >= 11 is 0. The van der Waals surface area contributed by atoms with Crippen molar-refractivity contribution in [2.75, 3.05) is 13.2 Å². The molecule has 1 saturated carbocycles. The van der Waals surface area contributed by atoms with Gasteiger partial charge in [-0.1, -0.05) is 20.8 Å². The molecule has 0 amide bonds. The molecule has 0 bridgehead atoms. The highest BCUT2D eigenvalue weighted by molar-refractivity contribution is 5.96. The van der Waals surface area contributed by atoms with Gasteiger partial charge in [0.05, 0.1) is 29.9 Å². The monoisotopic (exact) mass is 456 g/mol. The molecule has 4 aromatic rings. The number of fused-ring (bicyclic) bond motifs is 1. The molecular weight excluding hydrogens is 424 g/mol. The third-order valence-electron chi connectivity index (χ3n) is 7.56. The van der Waals surface area contributed by atoms with Crippen LogP contribution in [-0.2, 0) is 17.6 Å². The van der Waals surface area contributed by atoms with Gasteiger partial charge in [-0.25, -0.2) is 9.97 Å². The molecule has 0 radical (unpaired) electrons. The highest BCUT2D eigenvalue weighted by Crippen LogP contribution is 2.40. The maximum absolute atomic E-state index is 6.43. The molecule has 2 fully saturated rings. The summed E-state index contributed by atoms with van der Waals surface area (Å²) in [6, 6.07) is 6.45. The van der Waals surface area contributed by atoms with Crippen LogP contribution in [0.1, 0.15) is 63.2 Å². The zero-order chi connectivity index (χ0) is 23.3. The van der Waals surface area contributed by atoms with E-state index in [1.807, 2.05) is 18.6 Å². The van der Waals surface area contributed by atoms with Crippen molar-refractivity contribution in [1.82, 2.24) is 19.9 Å². The Morgan fingerprint density at radius 2 is 2.00 bits per heavy atom. The van der Waals surface area contributed by atoms with E-state index >= 15 is 0 Å². The number of hydrogen-bond donors (Lipinski definition) is 1. The number of rotatable bonds is 6. The van der Waals surface area contributed by atoms with Crippen LogP contribution in [0.5, 0.6) is 0 Å². The van der Waals surface area contributed by atoms with Gasteiger partial charge in [0.1, 0.15) is 0 Å². The molecule has 1 aliphatic carbocycles. The first-order valence-electron chi connectivity index (χ1n) is 12.5. The van der Waals surface area contributed by atoms with Crippen LogP contribution in [-0.4, -0.2) is 33.1 Å². The van der Waals surface area contributed by atoms with Crippen molar-refractivity contribution >= 4 is 10.9 Å². The van der Waals surface area contributed by atoms with Gasteiger partial charge in [-0.2, -0.15) is 0 Å². The summed E-state index contributed by atoms with van der Waals surface area (Å²) in [5.41, 5.74) is 6.39. The van der Waals surface area contributed by atoms with Crippen LogP contribution in [0.4, 0.5) is 0 Å². The van der Waals surface area contributed by atoms with Gasteiger partial charge < -0.3 is 14.1 Å². The zero-order valence-electron chi connectivity index (χ0n) is 20.2. The third-order valence-corrected chi connectivity index (χ3v) is 7.56. The number of hydrogen-bond acceptors (Lipinski definition) is 5. The number of aryl methyl sites for hydroxylation is 1. The lowest BCUT2D eigenvalue weighted by Gasteiger charge is -2.37. The van der Waals surface area contributed by atoms with E-state index in [1.54, 1.807) is 0 Å². The molecule has 1 aromatic carbocycles. The molecule has 3 aromatic heterocycles. The minimum atomic E-state index is 0.133. The largest absolute Gasteiger partial charge is 0.440 e. The quantitative estimate of drug-likeness (QED) is 0.367. The third kappa shape index (κ3) is 3.94. The first-order chi connectivity index (χ1) is 16.5. The Labute approximate surface area is 200 Å². The zero-order valence-corrected chi connectivity index (χ0v) is 20.2. The summed E-state index contributed by atoms with van der Waals surface area (Å²) in [7, 11) is 0. The highest BCUT2D eigenvalue weighted by Gasteiger charge is 2.34. The molecule has 34 heavy (non-hydrogen) atoms. The Balaban J connectivity index is 1.35. The number of nitrogens with one attached hydrogen (secondary N) is 1. The lowest BCUT2D eigenvalue weighted by Crippen LogP contribution is -2.36. The molecule has 1 saturated heterocycles. The molecule has 1 aliphatic heterocycles. The van der Waals surface area contributed by atoms with E-state index in [0.29, 0.717) is 11.8 Å². The normalized spacial score (nSPS) is 20.1. The van der Waals surface area contributed by atoms with Gasteiger partial charge in [0.25, 0.3) is 0 Å². The molecule has 4 heterocycles. The first kappa shape index (κ1) is 21.5. The summed E-state index contributed by atoms with van der Waals surface area (Å²) in [6.45, 7) is 8.32. The summed E-state index contributed by atoms with van der Waals surface area (Å²) in [5.74, 6) is 2.81. The van der Waals surface area contributed by atoms with Crippen molar-refractivity contribution in [3.63, 3.8) is 0 Å². The van der Waals surface area contributed by atoms with Crippen LogP contribution in [0, 0.1) is 11.3 Å². The summed E-state index contributed by atoms with van der Waals surface area (Å²) < 4.78 is 12.1. The van der Waals surface area contributed by atoms with Crippen LogP contribution in [0.15, 0.2) is 41.2 Å². The predicted octanol–water partition coefficient (Wildman–Crippen LogP) is 6.32. The molecule has 6 rings (SSSR count). The van der Waals surface area contributed by atoms with E-state index in [9.17, 15) is 0 Å². The van der Waals surface area contributed by atoms with Crippen LogP contribution in [0.25, 0.3) is 33.5 Å². The SMILES string of the molecule is CCc1nc(CC2CCOCC2(C)C)oc1-c1ccc2[nH]cc(-c3cncc(C4CC4)n3)c2c1. The molecule has 1 N–H and O–H groups in total. The number of oxazole rings is 1. The maximum Gasteiger partial charge on any atom is 0.195 e. The van der Waals surface area contributed by atoms with Crippen molar-refractivity contribution in [2.45, 2.75) is 58.8 Å². The Kier molecular flexibility index (Phi) is 5.29. The van der Waals surface area contributed by atoms with Gasteiger partial charge in [0, 0.05) is 53.4 Å². The van der Waals surface area contributed by atoms with Crippen LogP contribution >= 0.6 is 0 Å². The van der Waals surface area contributed by atoms with E-state index in [-0.39, 0.29) is 5.41 Å². The van der Waals surface area contributed by atoms with Crippen molar-refractivity contribution in [3.8, 4) is 22.6 Å². The minimum absolute atomic E-state index is 0.133. The van der Waals surface area contributed by atoms with Crippen molar-refractivity contribution in [3.05, 3.63) is 54.1 Å². The summed E-state index contributed by atoms with van der Waals surface area (Å²) in [6.07, 6.45) is 11.0. The molecule has 1 atom stereocenters. The lowest BCUT2D eigenvalue weighted by molar-refractivity contribution is -0.0328. The molecule has 2 aliphatic rings. The fraction of sp³-hybridized carbons (Fsp3) is 0.464. The van der Waals surface area contributed by atoms with Gasteiger partial charge >= 0.3 is 0 Å². The average Bonchev–Trinajstić information content (AvgIpc) is 3.48. The van der Waals surface area contributed by atoms with Gasteiger partial charge in [0.15, 0.2) is 11.7 Å². The number of benzene rings is 1. The van der Waals surface area contributed by atoms with Gasteiger partial charge in [0.2, 0.25) is 0 Å². The number of H-pyrrole nitrogens is 1. The molecule has 6 nitrogen and oxygen atoms in total. The number of aromatic amines is 1. The summed E-state index contributed by atoms with van der Waals surface area (Å²) in [5, 5.41) is 1.13. The topological polar surface area (TPSA) is 76.8 Å². The second-order valence-corrected chi connectivity index (χ2v) is 10.5. The fourth-order valence-electron chi connectivity index (χ4n) is 5.17. The maximum atomic E-state index is 6.43. The van der Waals surface area contributed by atoms with E-state index in [4.69, 9.17) is 19.1 Å².